The lowest BCUT2D eigenvalue weighted by atomic mass is 9.70. The highest BCUT2D eigenvalue weighted by Crippen LogP contribution is 2.42. The maximum Gasteiger partial charge on any atom is 0.0582 e. The highest BCUT2D eigenvalue weighted by Gasteiger charge is 2.42. The van der Waals surface area contributed by atoms with Crippen LogP contribution in [0.1, 0.15) is 18.4 Å². The summed E-state index contributed by atoms with van der Waals surface area (Å²) in [6.45, 7) is 0. The molecule has 2 nitrogen and oxygen atoms in total. The van der Waals surface area contributed by atoms with E-state index in [2.05, 4.69) is 15.9 Å². The zero-order valence-corrected chi connectivity index (χ0v) is 9.85. The van der Waals surface area contributed by atoms with E-state index >= 15 is 0 Å². The van der Waals surface area contributed by atoms with Gasteiger partial charge in [-0.3, -0.25) is 0 Å². The highest BCUT2D eigenvalue weighted by atomic mass is 79.9. The summed E-state index contributed by atoms with van der Waals surface area (Å²) >= 11 is 9.42. The molecule has 1 aromatic rings. The first-order valence-corrected chi connectivity index (χ1v) is 5.61. The molecule has 0 amide bonds. The van der Waals surface area contributed by atoms with Crippen molar-refractivity contribution in [1.29, 1.82) is 0 Å². The average Bonchev–Trinajstić information content (AvgIpc) is 2.00. The fourth-order valence-electron chi connectivity index (χ4n) is 1.89. The van der Waals surface area contributed by atoms with Crippen LogP contribution in [0.3, 0.4) is 0 Å². The van der Waals surface area contributed by atoms with Crippen molar-refractivity contribution in [3.63, 3.8) is 0 Å². The molecule has 1 aromatic carbocycles. The van der Waals surface area contributed by atoms with Gasteiger partial charge in [0.2, 0.25) is 0 Å². The zero-order chi connectivity index (χ0) is 10.3. The summed E-state index contributed by atoms with van der Waals surface area (Å²) in [5.74, 6) is 0. The fourth-order valence-corrected chi connectivity index (χ4v) is 2.76. The SMILES string of the molecule is NC1(c2ccc(Br)cc2Cl)CC(O)C1. The molecule has 0 aliphatic heterocycles. The molecule has 0 unspecified atom stereocenters. The minimum atomic E-state index is -0.433. The van der Waals surface area contributed by atoms with Crippen molar-refractivity contribution in [1.82, 2.24) is 0 Å². The molecule has 1 aliphatic carbocycles. The number of aliphatic hydroxyl groups excluding tert-OH is 1. The second-order valence-electron chi connectivity index (χ2n) is 3.84. The smallest absolute Gasteiger partial charge is 0.0582 e. The minimum absolute atomic E-state index is 0.278. The molecule has 0 saturated heterocycles. The normalized spacial score (nSPS) is 31.3. The maximum absolute atomic E-state index is 9.26. The Morgan fingerprint density at radius 2 is 2.14 bits per heavy atom. The van der Waals surface area contributed by atoms with Gasteiger partial charge >= 0.3 is 0 Å². The molecule has 76 valence electrons. The molecule has 0 aromatic heterocycles. The summed E-state index contributed by atoms with van der Waals surface area (Å²) in [6, 6.07) is 5.66. The van der Waals surface area contributed by atoms with Crippen LogP contribution in [0.4, 0.5) is 0 Å². The molecule has 1 saturated carbocycles. The Hall–Kier alpha value is -0.0900. The first kappa shape index (κ1) is 10.4. The largest absolute Gasteiger partial charge is 0.393 e. The number of halogens is 2. The minimum Gasteiger partial charge on any atom is -0.393 e. The molecule has 1 fully saturated rings. The van der Waals surface area contributed by atoms with Crippen LogP contribution in [0.25, 0.3) is 0 Å². The van der Waals surface area contributed by atoms with E-state index in [-0.39, 0.29) is 6.10 Å². The monoisotopic (exact) mass is 275 g/mol. The standard InChI is InChI=1S/C10H11BrClNO/c11-6-1-2-8(9(12)3-6)10(13)4-7(14)5-10/h1-3,7,14H,4-5,13H2. The Morgan fingerprint density at radius 3 is 2.64 bits per heavy atom. The van der Waals surface area contributed by atoms with E-state index in [4.69, 9.17) is 17.3 Å². The van der Waals surface area contributed by atoms with Gasteiger partial charge in [-0.2, -0.15) is 0 Å². The number of benzene rings is 1. The van der Waals surface area contributed by atoms with Crippen LogP contribution >= 0.6 is 27.5 Å². The Balaban J connectivity index is 2.33. The topological polar surface area (TPSA) is 46.2 Å². The van der Waals surface area contributed by atoms with E-state index < -0.39 is 5.54 Å². The second kappa shape index (κ2) is 3.49. The second-order valence-corrected chi connectivity index (χ2v) is 5.17. The predicted molar refractivity (Wildman–Crippen MR) is 60.3 cm³/mol. The van der Waals surface area contributed by atoms with E-state index in [1.54, 1.807) is 0 Å². The Bertz CT molecular complexity index is 363. The van der Waals surface area contributed by atoms with Crippen LogP contribution < -0.4 is 5.73 Å². The van der Waals surface area contributed by atoms with Gasteiger partial charge in [0.15, 0.2) is 0 Å². The molecule has 0 radical (unpaired) electrons. The van der Waals surface area contributed by atoms with Crippen LogP contribution in [0.5, 0.6) is 0 Å². The quantitative estimate of drug-likeness (QED) is 0.827. The van der Waals surface area contributed by atoms with Gasteiger partial charge in [-0.05, 0) is 30.5 Å². The third kappa shape index (κ3) is 1.70. The molecule has 0 heterocycles. The van der Waals surface area contributed by atoms with Gasteiger partial charge < -0.3 is 10.8 Å². The molecule has 3 N–H and O–H groups in total. The summed E-state index contributed by atoms with van der Waals surface area (Å²) < 4.78 is 0.940. The van der Waals surface area contributed by atoms with Crippen molar-refractivity contribution in [2.24, 2.45) is 5.73 Å². The lowest BCUT2D eigenvalue weighted by molar-refractivity contribution is 0.0210. The van der Waals surface area contributed by atoms with Crippen LogP contribution in [0.15, 0.2) is 22.7 Å². The third-order valence-corrected chi connectivity index (χ3v) is 3.47. The summed E-state index contributed by atoms with van der Waals surface area (Å²) in [4.78, 5) is 0. The zero-order valence-electron chi connectivity index (χ0n) is 7.50. The maximum atomic E-state index is 9.26. The van der Waals surface area contributed by atoms with Gasteiger partial charge in [-0.1, -0.05) is 33.6 Å². The molecule has 0 atom stereocenters. The Morgan fingerprint density at radius 1 is 1.50 bits per heavy atom. The highest BCUT2D eigenvalue weighted by molar-refractivity contribution is 9.10. The summed E-state index contributed by atoms with van der Waals surface area (Å²) in [7, 11) is 0. The lowest BCUT2D eigenvalue weighted by Gasteiger charge is -2.43. The number of aliphatic hydroxyl groups is 1. The Labute approximate surface area is 96.2 Å². The molecule has 4 heteroatoms. The van der Waals surface area contributed by atoms with E-state index in [0.29, 0.717) is 17.9 Å². The number of hydrogen-bond donors (Lipinski definition) is 2. The number of nitrogens with two attached hydrogens (primary N) is 1. The molecular weight excluding hydrogens is 265 g/mol. The van der Waals surface area contributed by atoms with Crippen molar-refractivity contribution in [2.45, 2.75) is 24.5 Å². The predicted octanol–water partition coefficient (Wildman–Crippen LogP) is 2.41. The fraction of sp³-hybridized carbons (Fsp3) is 0.400. The van der Waals surface area contributed by atoms with Gasteiger partial charge in [0.1, 0.15) is 0 Å². The van der Waals surface area contributed by atoms with Crippen LogP contribution in [0.2, 0.25) is 5.02 Å². The van der Waals surface area contributed by atoms with Crippen molar-refractivity contribution in [3.8, 4) is 0 Å². The Kier molecular flexibility index (Phi) is 2.60. The number of hydrogen-bond acceptors (Lipinski definition) is 2. The van der Waals surface area contributed by atoms with Crippen LogP contribution in [-0.2, 0) is 5.54 Å². The van der Waals surface area contributed by atoms with Crippen LogP contribution in [0, 0.1) is 0 Å². The van der Waals surface area contributed by atoms with Gasteiger partial charge in [-0.25, -0.2) is 0 Å². The first-order chi connectivity index (χ1) is 6.51. The van der Waals surface area contributed by atoms with Gasteiger partial charge in [0.05, 0.1) is 6.10 Å². The first-order valence-electron chi connectivity index (χ1n) is 4.44. The summed E-state index contributed by atoms with van der Waals surface area (Å²) in [5.41, 5.74) is 6.60. The molecule has 0 spiro atoms. The van der Waals surface area contributed by atoms with Gasteiger partial charge in [0.25, 0.3) is 0 Å². The summed E-state index contributed by atoms with van der Waals surface area (Å²) in [5, 5.41) is 9.92. The molecule has 0 bridgehead atoms. The van der Waals surface area contributed by atoms with Crippen molar-refractivity contribution < 1.29 is 5.11 Å². The molecular formula is C10H11BrClNO. The molecule has 2 rings (SSSR count). The van der Waals surface area contributed by atoms with Crippen LogP contribution in [-0.4, -0.2) is 11.2 Å². The van der Waals surface area contributed by atoms with E-state index in [9.17, 15) is 5.11 Å². The lowest BCUT2D eigenvalue weighted by Crippen LogP contribution is -2.51. The van der Waals surface area contributed by atoms with E-state index in [1.807, 2.05) is 18.2 Å². The third-order valence-electron chi connectivity index (χ3n) is 2.67. The van der Waals surface area contributed by atoms with E-state index in [1.165, 1.54) is 0 Å². The van der Waals surface area contributed by atoms with Crippen molar-refractivity contribution in [2.75, 3.05) is 0 Å². The average molecular weight is 277 g/mol. The van der Waals surface area contributed by atoms with Gasteiger partial charge in [0, 0.05) is 15.0 Å². The molecule has 1 aliphatic rings. The van der Waals surface area contributed by atoms with E-state index in [0.717, 1.165) is 10.0 Å². The van der Waals surface area contributed by atoms with Gasteiger partial charge in [-0.15, -0.1) is 0 Å². The molecule has 14 heavy (non-hydrogen) atoms. The summed E-state index contributed by atoms with van der Waals surface area (Å²) in [6.07, 6.45) is 0.905. The number of rotatable bonds is 1. The van der Waals surface area contributed by atoms with Crippen molar-refractivity contribution in [3.05, 3.63) is 33.3 Å². The van der Waals surface area contributed by atoms with Crippen molar-refractivity contribution >= 4 is 27.5 Å².